The Balaban J connectivity index is 1.64. The average Bonchev–Trinajstić information content (AvgIpc) is 2.65. The van der Waals surface area contributed by atoms with Crippen molar-refractivity contribution in [1.82, 2.24) is 4.98 Å². The van der Waals surface area contributed by atoms with Gasteiger partial charge in [-0.25, -0.2) is 0 Å². The molecule has 138 valence electrons. The number of methoxy groups -OCH3 is 1. The summed E-state index contributed by atoms with van der Waals surface area (Å²) in [7, 11) is 1.60. The van der Waals surface area contributed by atoms with Crippen LogP contribution in [0.4, 0.5) is 11.4 Å². The molecule has 0 radical (unpaired) electrons. The van der Waals surface area contributed by atoms with Crippen molar-refractivity contribution in [3.8, 4) is 5.75 Å². The van der Waals surface area contributed by atoms with E-state index in [1.54, 1.807) is 19.2 Å². The lowest BCUT2D eigenvalue weighted by Gasteiger charge is -2.20. The van der Waals surface area contributed by atoms with Gasteiger partial charge in [0.15, 0.2) is 0 Å². The van der Waals surface area contributed by atoms with Crippen LogP contribution >= 0.6 is 11.6 Å². The van der Waals surface area contributed by atoms with Gasteiger partial charge in [-0.1, -0.05) is 11.6 Å². The van der Waals surface area contributed by atoms with Crippen LogP contribution in [0.25, 0.3) is 10.9 Å². The first kappa shape index (κ1) is 17.4. The molecule has 0 unspecified atom stereocenters. The molecule has 0 aliphatic carbocycles. The number of halogens is 1. The summed E-state index contributed by atoms with van der Waals surface area (Å²) in [5, 5.41) is 7.59. The van der Waals surface area contributed by atoms with E-state index in [2.05, 4.69) is 15.6 Å². The normalized spacial score (nSPS) is 13.2. The van der Waals surface area contributed by atoms with Crippen LogP contribution < -0.4 is 20.9 Å². The van der Waals surface area contributed by atoms with E-state index in [0.29, 0.717) is 41.4 Å². The molecule has 2 aromatic carbocycles. The topological polar surface area (TPSA) is 83.2 Å². The van der Waals surface area contributed by atoms with Gasteiger partial charge in [0.2, 0.25) is 5.91 Å². The first-order valence-electron chi connectivity index (χ1n) is 8.59. The van der Waals surface area contributed by atoms with Crippen LogP contribution in [0.1, 0.15) is 17.5 Å². The molecule has 2 heterocycles. The van der Waals surface area contributed by atoms with Crippen molar-refractivity contribution in [3.05, 3.63) is 62.9 Å². The second-order valence-corrected chi connectivity index (χ2v) is 6.90. The molecule has 0 fully saturated rings. The quantitative estimate of drug-likeness (QED) is 0.641. The highest BCUT2D eigenvalue weighted by atomic mass is 35.5. The fourth-order valence-electron chi connectivity index (χ4n) is 3.26. The van der Waals surface area contributed by atoms with E-state index in [1.165, 1.54) is 0 Å². The van der Waals surface area contributed by atoms with Crippen molar-refractivity contribution in [1.29, 1.82) is 0 Å². The maximum atomic E-state index is 12.4. The first-order chi connectivity index (χ1) is 13.0. The average molecular weight is 384 g/mol. The van der Waals surface area contributed by atoms with E-state index in [0.717, 1.165) is 22.2 Å². The van der Waals surface area contributed by atoms with Crippen molar-refractivity contribution in [2.24, 2.45) is 0 Å². The van der Waals surface area contributed by atoms with Gasteiger partial charge in [0.05, 0.1) is 12.8 Å². The van der Waals surface area contributed by atoms with Gasteiger partial charge in [0, 0.05) is 40.1 Å². The SMILES string of the molecule is COc1cc2c(cc1NCc1cc3cc(Cl)ccc3[nH]c1=O)NC(=O)CC2. The minimum Gasteiger partial charge on any atom is -0.495 e. The second-order valence-electron chi connectivity index (χ2n) is 6.47. The predicted molar refractivity (Wildman–Crippen MR) is 107 cm³/mol. The molecular weight excluding hydrogens is 366 g/mol. The van der Waals surface area contributed by atoms with Gasteiger partial charge in [-0.15, -0.1) is 0 Å². The third kappa shape index (κ3) is 3.48. The molecule has 27 heavy (non-hydrogen) atoms. The molecule has 3 N–H and O–H groups in total. The molecule has 7 heteroatoms. The maximum Gasteiger partial charge on any atom is 0.253 e. The molecule has 1 amide bonds. The minimum atomic E-state index is -0.164. The largest absolute Gasteiger partial charge is 0.495 e. The van der Waals surface area contributed by atoms with Crippen LogP contribution in [0, 0.1) is 0 Å². The molecule has 6 nitrogen and oxygen atoms in total. The van der Waals surface area contributed by atoms with E-state index in [9.17, 15) is 9.59 Å². The number of carbonyl (C=O) groups excluding carboxylic acids is 1. The number of hydrogen-bond donors (Lipinski definition) is 3. The van der Waals surface area contributed by atoms with E-state index < -0.39 is 0 Å². The number of aromatic nitrogens is 1. The summed E-state index contributed by atoms with van der Waals surface area (Å²) >= 11 is 6.04. The molecule has 0 atom stereocenters. The highest BCUT2D eigenvalue weighted by molar-refractivity contribution is 6.31. The van der Waals surface area contributed by atoms with Crippen LogP contribution in [0.15, 0.2) is 41.2 Å². The highest BCUT2D eigenvalue weighted by Crippen LogP contribution is 2.34. The molecule has 0 spiro atoms. The van der Waals surface area contributed by atoms with Gasteiger partial charge in [0.1, 0.15) is 5.75 Å². The zero-order valence-electron chi connectivity index (χ0n) is 14.7. The summed E-state index contributed by atoms with van der Waals surface area (Å²) in [5.74, 6) is 0.673. The van der Waals surface area contributed by atoms with Gasteiger partial charge in [0.25, 0.3) is 5.56 Å². The van der Waals surface area contributed by atoms with Gasteiger partial charge in [-0.05, 0) is 48.4 Å². The molecule has 0 saturated carbocycles. The zero-order chi connectivity index (χ0) is 19.0. The molecule has 4 rings (SSSR count). The van der Waals surface area contributed by atoms with Crippen LogP contribution in [0.2, 0.25) is 5.02 Å². The van der Waals surface area contributed by atoms with Gasteiger partial charge >= 0.3 is 0 Å². The molecular formula is C20H18ClN3O3. The van der Waals surface area contributed by atoms with E-state index in [-0.39, 0.29) is 11.5 Å². The highest BCUT2D eigenvalue weighted by Gasteiger charge is 2.18. The zero-order valence-corrected chi connectivity index (χ0v) is 15.4. The standard InChI is InChI=1S/C20H18ClN3O3/c1-27-18-8-11-2-5-19(25)23-16(11)9-17(18)22-10-13-6-12-7-14(21)3-4-15(12)24-20(13)26/h3-4,6-9,22H,2,5,10H2,1H3,(H,23,25)(H,24,26). The van der Waals surface area contributed by atoms with Crippen molar-refractivity contribution in [2.75, 3.05) is 17.7 Å². The lowest BCUT2D eigenvalue weighted by Crippen LogP contribution is -2.20. The van der Waals surface area contributed by atoms with Crippen molar-refractivity contribution in [2.45, 2.75) is 19.4 Å². The summed E-state index contributed by atoms with van der Waals surface area (Å²) < 4.78 is 5.46. The minimum absolute atomic E-state index is 0.00136. The fraction of sp³-hybridized carbons (Fsp3) is 0.200. The van der Waals surface area contributed by atoms with Crippen LogP contribution in [-0.4, -0.2) is 18.0 Å². The number of H-pyrrole nitrogens is 1. The number of nitrogens with one attached hydrogen (secondary N) is 3. The first-order valence-corrected chi connectivity index (χ1v) is 8.97. The number of pyridine rings is 1. The number of anilines is 2. The number of rotatable bonds is 4. The fourth-order valence-corrected chi connectivity index (χ4v) is 3.44. The molecule has 1 aliphatic heterocycles. The molecule has 0 bridgehead atoms. The lowest BCUT2D eigenvalue weighted by molar-refractivity contribution is -0.116. The van der Waals surface area contributed by atoms with E-state index in [1.807, 2.05) is 24.3 Å². The Morgan fingerprint density at radius 2 is 2.00 bits per heavy atom. The predicted octanol–water partition coefficient (Wildman–Crippen LogP) is 3.69. The molecule has 0 saturated heterocycles. The Morgan fingerprint density at radius 3 is 2.81 bits per heavy atom. The Morgan fingerprint density at radius 1 is 1.15 bits per heavy atom. The summed E-state index contributed by atoms with van der Waals surface area (Å²) in [6, 6.07) is 10.9. The summed E-state index contributed by atoms with van der Waals surface area (Å²) in [6.45, 7) is 0.306. The second kappa shape index (κ2) is 6.96. The Kier molecular flexibility index (Phi) is 4.49. The van der Waals surface area contributed by atoms with Gasteiger partial charge in [-0.3, -0.25) is 9.59 Å². The summed E-state index contributed by atoms with van der Waals surface area (Å²) in [5.41, 5.74) is 3.67. The number of hydrogen-bond acceptors (Lipinski definition) is 4. The molecule has 1 aromatic heterocycles. The Labute approximate surface area is 160 Å². The Hall–Kier alpha value is -2.99. The Bertz CT molecular complexity index is 1110. The van der Waals surface area contributed by atoms with E-state index in [4.69, 9.17) is 16.3 Å². The van der Waals surface area contributed by atoms with Gasteiger partial charge < -0.3 is 20.4 Å². The number of carbonyl (C=O) groups is 1. The number of benzene rings is 2. The number of amides is 1. The third-order valence-electron chi connectivity index (χ3n) is 4.67. The van der Waals surface area contributed by atoms with Crippen molar-refractivity contribution >= 4 is 39.8 Å². The van der Waals surface area contributed by atoms with Crippen LogP contribution in [0.3, 0.4) is 0 Å². The molecule has 3 aromatic rings. The van der Waals surface area contributed by atoms with Crippen molar-refractivity contribution in [3.63, 3.8) is 0 Å². The lowest BCUT2D eigenvalue weighted by atomic mass is 10.0. The number of aryl methyl sites for hydroxylation is 1. The van der Waals surface area contributed by atoms with Crippen LogP contribution in [-0.2, 0) is 17.8 Å². The number of ether oxygens (including phenoxy) is 1. The number of fused-ring (bicyclic) bond motifs is 2. The number of aromatic amines is 1. The van der Waals surface area contributed by atoms with E-state index >= 15 is 0 Å². The maximum absolute atomic E-state index is 12.4. The summed E-state index contributed by atoms with van der Waals surface area (Å²) in [4.78, 5) is 26.9. The molecule has 1 aliphatic rings. The monoisotopic (exact) mass is 383 g/mol. The summed E-state index contributed by atoms with van der Waals surface area (Å²) in [6.07, 6.45) is 1.15. The smallest absolute Gasteiger partial charge is 0.253 e. The van der Waals surface area contributed by atoms with Gasteiger partial charge in [-0.2, -0.15) is 0 Å². The third-order valence-corrected chi connectivity index (χ3v) is 4.91. The van der Waals surface area contributed by atoms with Crippen molar-refractivity contribution < 1.29 is 9.53 Å². The van der Waals surface area contributed by atoms with Crippen LogP contribution in [0.5, 0.6) is 5.75 Å².